The van der Waals surface area contributed by atoms with Crippen LogP contribution in [0.2, 0.25) is 0 Å². The summed E-state index contributed by atoms with van der Waals surface area (Å²) in [6, 6.07) is 9.25. The van der Waals surface area contributed by atoms with Crippen LogP contribution >= 0.6 is 11.3 Å². The zero-order valence-corrected chi connectivity index (χ0v) is 16.2. The SMILES string of the molecule is O=C(CCc1csc(NC(=O)Nc2ccccc2)n1)NC1CCCCCC1. The first-order valence-electron chi connectivity index (χ1n) is 9.56. The van der Waals surface area contributed by atoms with Crippen LogP contribution < -0.4 is 16.0 Å². The number of hydrogen-bond donors (Lipinski definition) is 3. The highest BCUT2D eigenvalue weighted by Gasteiger charge is 2.15. The summed E-state index contributed by atoms with van der Waals surface area (Å²) >= 11 is 1.36. The van der Waals surface area contributed by atoms with E-state index in [2.05, 4.69) is 20.9 Å². The summed E-state index contributed by atoms with van der Waals surface area (Å²) < 4.78 is 0. The van der Waals surface area contributed by atoms with E-state index in [1.54, 1.807) is 0 Å². The van der Waals surface area contributed by atoms with Crippen molar-refractivity contribution < 1.29 is 9.59 Å². The lowest BCUT2D eigenvalue weighted by Crippen LogP contribution is -2.34. The monoisotopic (exact) mass is 386 g/mol. The van der Waals surface area contributed by atoms with Gasteiger partial charge in [0, 0.05) is 23.5 Å². The molecule has 144 valence electrons. The van der Waals surface area contributed by atoms with Crippen LogP contribution in [0.1, 0.15) is 50.6 Å². The van der Waals surface area contributed by atoms with Gasteiger partial charge in [0.2, 0.25) is 5.91 Å². The summed E-state index contributed by atoms with van der Waals surface area (Å²) in [5, 5.41) is 11.0. The van der Waals surface area contributed by atoms with Crippen LogP contribution in [0.15, 0.2) is 35.7 Å². The topological polar surface area (TPSA) is 83.1 Å². The number of para-hydroxylation sites is 1. The first-order valence-corrected chi connectivity index (χ1v) is 10.4. The minimum atomic E-state index is -0.326. The molecular weight excluding hydrogens is 360 g/mol. The first-order chi connectivity index (χ1) is 13.2. The minimum absolute atomic E-state index is 0.0891. The van der Waals surface area contributed by atoms with E-state index in [1.165, 1.54) is 37.0 Å². The second kappa shape index (κ2) is 10.1. The lowest BCUT2D eigenvalue weighted by atomic mass is 10.1. The zero-order chi connectivity index (χ0) is 18.9. The van der Waals surface area contributed by atoms with Gasteiger partial charge in [0.05, 0.1) is 5.69 Å². The van der Waals surface area contributed by atoms with E-state index in [4.69, 9.17) is 0 Å². The van der Waals surface area contributed by atoms with Crippen molar-refractivity contribution in [1.29, 1.82) is 0 Å². The maximum atomic E-state index is 12.2. The number of urea groups is 1. The summed E-state index contributed by atoms with van der Waals surface area (Å²) in [5.41, 5.74) is 1.55. The number of aryl methyl sites for hydroxylation is 1. The van der Waals surface area contributed by atoms with E-state index < -0.39 is 0 Å². The van der Waals surface area contributed by atoms with Crippen molar-refractivity contribution in [3.63, 3.8) is 0 Å². The van der Waals surface area contributed by atoms with Crippen molar-refractivity contribution in [3.05, 3.63) is 41.4 Å². The van der Waals surface area contributed by atoms with Crippen molar-refractivity contribution in [1.82, 2.24) is 10.3 Å². The molecule has 1 fully saturated rings. The molecule has 3 N–H and O–H groups in total. The number of anilines is 2. The molecule has 6 nitrogen and oxygen atoms in total. The Hall–Kier alpha value is -2.41. The smallest absolute Gasteiger partial charge is 0.325 e. The molecule has 27 heavy (non-hydrogen) atoms. The third kappa shape index (κ3) is 6.67. The van der Waals surface area contributed by atoms with Crippen LogP contribution in [0.4, 0.5) is 15.6 Å². The maximum absolute atomic E-state index is 12.2. The summed E-state index contributed by atoms with van der Waals surface area (Å²) in [5.74, 6) is 0.0891. The molecule has 1 aliphatic carbocycles. The Morgan fingerprint density at radius 1 is 1.04 bits per heavy atom. The van der Waals surface area contributed by atoms with Crippen molar-refractivity contribution in [2.45, 2.75) is 57.4 Å². The van der Waals surface area contributed by atoms with E-state index in [9.17, 15) is 9.59 Å². The Balaban J connectivity index is 1.41. The highest BCUT2D eigenvalue weighted by molar-refractivity contribution is 7.13. The molecule has 0 atom stereocenters. The standard InChI is InChI=1S/C20H26N4O2S/c25-18(21-15-8-4-1-2-5-9-15)13-12-17-14-27-20(23-17)24-19(26)22-16-10-6-3-7-11-16/h3,6-7,10-11,14-15H,1-2,4-5,8-9,12-13H2,(H,21,25)(H2,22,23,24,26). The number of carbonyl (C=O) groups excluding carboxylic acids is 2. The fourth-order valence-electron chi connectivity index (χ4n) is 3.23. The Morgan fingerprint density at radius 3 is 2.52 bits per heavy atom. The molecule has 0 radical (unpaired) electrons. The first kappa shape index (κ1) is 19.4. The number of hydrogen-bond acceptors (Lipinski definition) is 4. The quantitative estimate of drug-likeness (QED) is 0.637. The zero-order valence-electron chi connectivity index (χ0n) is 15.4. The Bertz CT molecular complexity index is 739. The molecule has 0 aliphatic heterocycles. The number of thiazole rings is 1. The van der Waals surface area contributed by atoms with Crippen LogP contribution in [0, 0.1) is 0 Å². The highest BCUT2D eigenvalue weighted by atomic mass is 32.1. The van der Waals surface area contributed by atoms with Crippen LogP contribution in [-0.4, -0.2) is 23.0 Å². The van der Waals surface area contributed by atoms with Crippen molar-refractivity contribution >= 4 is 34.1 Å². The molecule has 3 rings (SSSR count). The predicted molar refractivity (Wildman–Crippen MR) is 109 cm³/mol. The maximum Gasteiger partial charge on any atom is 0.325 e. The van der Waals surface area contributed by atoms with Gasteiger partial charge in [-0.25, -0.2) is 9.78 Å². The van der Waals surface area contributed by atoms with Crippen LogP contribution in [0.5, 0.6) is 0 Å². The molecule has 0 saturated heterocycles. The number of benzene rings is 1. The molecule has 1 aromatic heterocycles. The van der Waals surface area contributed by atoms with Gasteiger partial charge in [-0.15, -0.1) is 11.3 Å². The fraction of sp³-hybridized carbons (Fsp3) is 0.450. The number of nitrogens with zero attached hydrogens (tertiary/aromatic N) is 1. The van der Waals surface area contributed by atoms with Crippen LogP contribution in [-0.2, 0) is 11.2 Å². The number of aromatic nitrogens is 1. The third-order valence-corrected chi connectivity index (χ3v) is 5.44. The van der Waals surface area contributed by atoms with Gasteiger partial charge in [0.25, 0.3) is 0 Å². The number of rotatable bonds is 6. The molecular formula is C20H26N4O2S. The van der Waals surface area contributed by atoms with Gasteiger partial charge >= 0.3 is 6.03 Å². The van der Waals surface area contributed by atoms with E-state index in [0.29, 0.717) is 24.0 Å². The van der Waals surface area contributed by atoms with E-state index in [0.717, 1.165) is 24.2 Å². The molecule has 3 amide bonds. The van der Waals surface area contributed by atoms with Crippen LogP contribution in [0.25, 0.3) is 0 Å². The van der Waals surface area contributed by atoms with Crippen molar-refractivity contribution in [2.75, 3.05) is 10.6 Å². The molecule has 1 aliphatic rings. The van der Waals surface area contributed by atoms with Gasteiger partial charge in [-0.1, -0.05) is 43.9 Å². The lowest BCUT2D eigenvalue weighted by Gasteiger charge is -2.15. The van der Waals surface area contributed by atoms with Gasteiger partial charge in [-0.05, 0) is 31.4 Å². The molecule has 0 bridgehead atoms. The van der Waals surface area contributed by atoms with Crippen molar-refractivity contribution in [3.8, 4) is 0 Å². The lowest BCUT2D eigenvalue weighted by molar-refractivity contribution is -0.121. The molecule has 0 unspecified atom stereocenters. The van der Waals surface area contributed by atoms with Gasteiger partial charge in [-0.2, -0.15) is 0 Å². The largest absolute Gasteiger partial charge is 0.353 e. The van der Waals surface area contributed by atoms with E-state index in [-0.39, 0.29) is 11.9 Å². The van der Waals surface area contributed by atoms with Gasteiger partial charge in [0.15, 0.2) is 5.13 Å². The Kier molecular flexibility index (Phi) is 7.21. The average molecular weight is 387 g/mol. The number of amides is 3. The van der Waals surface area contributed by atoms with E-state index >= 15 is 0 Å². The number of carbonyl (C=O) groups is 2. The van der Waals surface area contributed by atoms with Gasteiger partial charge in [-0.3, -0.25) is 10.1 Å². The predicted octanol–water partition coefficient (Wildman–Crippen LogP) is 4.56. The molecule has 0 spiro atoms. The van der Waals surface area contributed by atoms with Crippen molar-refractivity contribution in [2.24, 2.45) is 0 Å². The summed E-state index contributed by atoms with van der Waals surface area (Å²) in [7, 11) is 0. The average Bonchev–Trinajstić information content (AvgIpc) is 2.94. The third-order valence-electron chi connectivity index (χ3n) is 4.63. The Labute approximate surface area is 163 Å². The molecule has 2 aromatic rings. The van der Waals surface area contributed by atoms with Crippen LogP contribution in [0.3, 0.4) is 0 Å². The molecule has 1 heterocycles. The highest BCUT2D eigenvalue weighted by Crippen LogP contribution is 2.19. The van der Waals surface area contributed by atoms with Gasteiger partial charge in [0.1, 0.15) is 0 Å². The molecule has 7 heteroatoms. The summed E-state index contributed by atoms with van der Waals surface area (Å²) in [6.45, 7) is 0. The Morgan fingerprint density at radius 2 is 1.78 bits per heavy atom. The van der Waals surface area contributed by atoms with Gasteiger partial charge < -0.3 is 10.6 Å². The molecule has 1 aromatic carbocycles. The second-order valence-corrected chi connectivity index (χ2v) is 7.70. The number of nitrogens with one attached hydrogen (secondary N) is 3. The van der Waals surface area contributed by atoms with E-state index in [1.807, 2.05) is 35.7 Å². The summed E-state index contributed by atoms with van der Waals surface area (Å²) in [6.07, 6.45) is 8.15. The minimum Gasteiger partial charge on any atom is -0.353 e. The molecule has 1 saturated carbocycles. The summed E-state index contributed by atoms with van der Waals surface area (Å²) in [4.78, 5) is 28.5. The second-order valence-electron chi connectivity index (χ2n) is 6.85. The normalized spacial score (nSPS) is 15.0. The fourth-order valence-corrected chi connectivity index (χ4v) is 3.97.